The Morgan fingerprint density at radius 3 is 1.79 bits per heavy atom. The number of halogens is 1. The van der Waals surface area contributed by atoms with Gasteiger partial charge >= 0.3 is 0 Å². The van der Waals surface area contributed by atoms with Crippen molar-refractivity contribution in [2.75, 3.05) is 11.5 Å². The van der Waals surface area contributed by atoms with E-state index in [0.717, 1.165) is 18.9 Å². The lowest BCUT2D eigenvalue weighted by Gasteiger charge is -2.13. The normalized spacial score (nSPS) is 12.9. The van der Waals surface area contributed by atoms with Crippen LogP contribution in [0.1, 0.15) is 53.9 Å². The van der Waals surface area contributed by atoms with Crippen LogP contribution in [0.2, 0.25) is 0 Å². The Kier molecular flexibility index (Phi) is 27.8. The highest BCUT2D eigenvalue weighted by Crippen LogP contribution is 2.17. The Balaban J connectivity index is -0.000000266. The Morgan fingerprint density at radius 2 is 1.50 bits per heavy atom. The number of alkyl halides is 1. The van der Waals surface area contributed by atoms with Gasteiger partial charge in [-0.1, -0.05) is 63.6 Å². The predicted molar refractivity (Wildman–Crippen MR) is 76.2 cm³/mol. The topological polar surface area (TPSA) is 20.2 Å². The summed E-state index contributed by atoms with van der Waals surface area (Å²) in [5.41, 5.74) is 0. The van der Waals surface area contributed by atoms with E-state index in [2.05, 4.69) is 43.4 Å². The number of hydrogen-bond acceptors (Lipinski definition) is 1. The molecule has 0 saturated heterocycles. The first-order chi connectivity index (χ1) is 6.70. The molecule has 0 saturated carbocycles. The van der Waals surface area contributed by atoms with Gasteiger partial charge in [0.15, 0.2) is 0 Å². The van der Waals surface area contributed by atoms with Crippen molar-refractivity contribution in [1.82, 2.24) is 0 Å². The summed E-state index contributed by atoms with van der Waals surface area (Å²) in [5, 5.41) is 7.00. The minimum atomic E-state index is 0.929. The van der Waals surface area contributed by atoms with Crippen molar-refractivity contribution in [3.8, 4) is 0 Å². The Morgan fingerprint density at radius 1 is 1.07 bits per heavy atom. The van der Waals surface area contributed by atoms with E-state index in [4.69, 9.17) is 5.11 Å². The zero-order valence-electron chi connectivity index (χ0n) is 10.8. The summed E-state index contributed by atoms with van der Waals surface area (Å²) in [7, 11) is 1.00. The molecule has 0 aromatic heterocycles. The minimum absolute atomic E-state index is 0.929. The SMILES string of the molecule is CC.CCC(C)CC(C)CCI.CO. The molecule has 0 aliphatic rings. The molecule has 0 radical (unpaired) electrons. The first-order valence-electron chi connectivity index (χ1n) is 5.71. The summed E-state index contributed by atoms with van der Waals surface area (Å²) in [6.45, 7) is 11.0. The van der Waals surface area contributed by atoms with Crippen molar-refractivity contribution in [3.63, 3.8) is 0 Å². The molecule has 0 aliphatic carbocycles. The van der Waals surface area contributed by atoms with Crippen molar-refractivity contribution in [3.05, 3.63) is 0 Å². The van der Waals surface area contributed by atoms with Crippen molar-refractivity contribution in [2.45, 2.75) is 53.9 Å². The van der Waals surface area contributed by atoms with E-state index >= 15 is 0 Å². The zero-order valence-corrected chi connectivity index (χ0v) is 13.0. The van der Waals surface area contributed by atoms with E-state index in [0.29, 0.717) is 0 Å². The van der Waals surface area contributed by atoms with Gasteiger partial charge < -0.3 is 5.11 Å². The molecule has 0 aliphatic heterocycles. The standard InChI is InChI=1S/C9H19I.C2H6.CH4O/c1-4-8(2)7-9(3)5-6-10;2*1-2/h8-9H,4-7H2,1-3H3;1-2H3;2H,1H3. The summed E-state index contributed by atoms with van der Waals surface area (Å²) in [4.78, 5) is 0. The van der Waals surface area contributed by atoms with E-state index in [1.54, 1.807) is 0 Å². The minimum Gasteiger partial charge on any atom is -0.400 e. The average molecular weight is 316 g/mol. The molecule has 0 heterocycles. The fourth-order valence-corrected chi connectivity index (χ4v) is 2.22. The molecule has 14 heavy (non-hydrogen) atoms. The largest absolute Gasteiger partial charge is 0.400 e. The van der Waals surface area contributed by atoms with E-state index < -0.39 is 0 Å². The van der Waals surface area contributed by atoms with Gasteiger partial charge in [-0.05, 0) is 29.1 Å². The van der Waals surface area contributed by atoms with Crippen LogP contribution in [0.4, 0.5) is 0 Å². The summed E-state index contributed by atoms with van der Waals surface area (Å²) in [5.74, 6) is 1.87. The second-order valence-electron chi connectivity index (χ2n) is 3.33. The van der Waals surface area contributed by atoms with Crippen LogP contribution in [0.15, 0.2) is 0 Å². The first-order valence-corrected chi connectivity index (χ1v) is 7.23. The van der Waals surface area contributed by atoms with Crippen LogP contribution in [0, 0.1) is 11.8 Å². The second-order valence-corrected chi connectivity index (χ2v) is 4.41. The maximum Gasteiger partial charge on any atom is 0.0319 e. The lowest BCUT2D eigenvalue weighted by molar-refractivity contribution is 0.399. The highest BCUT2D eigenvalue weighted by atomic mass is 127. The van der Waals surface area contributed by atoms with Crippen molar-refractivity contribution >= 4 is 22.6 Å². The molecule has 0 rings (SSSR count). The summed E-state index contributed by atoms with van der Waals surface area (Å²) >= 11 is 2.46. The van der Waals surface area contributed by atoms with Gasteiger partial charge in [-0.2, -0.15) is 0 Å². The van der Waals surface area contributed by atoms with Gasteiger partial charge in [-0.25, -0.2) is 0 Å². The third-order valence-corrected chi connectivity index (χ3v) is 2.73. The molecule has 2 unspecified atom stereocenters. The van der Waals surface area contributed by atoms with Crippen LogP contribution >= 0.6 is 22.6 Å². The van der Waals surface area contributed by atoms with Gasteiger partial charge in [0.25, 0.3) is 0 Å². The quantitative estimate of drug-likeness (QED) is 0.584. The summed E-state index contributed by atoms with van der Waals surface area (Å²) in [6.07, 6.45) is 4.15. The van der Waals surface area contributed by atoms with E-state index in [-0.39, 0.29) is 0 Å². The van der Waals surface area contributed by atoms with Crippen LogP contribution in [0.3, 0.4) is 0 Å². The number of aliphatic hydroxyl groups is 1. The van der Waals surface area contributed by atoms with E-state index in [1.807, 2.05) is 13.8 Å². The van der Waals surface area contributed by atoms with Crippen LogP contribution in [0.25, 0.3) is 0 Å². The molecule has 2 atom stereocenters. The van der Waals surface area contributed by atoms with Crippen LogP contribution in [-0.2, 0) is 0 Å². The predicted octanol–water partition coefficient (Wildman–Crippen LogP) is 4.52. The highest BCUT2D eigenvalue weighted by Gasteiger charge is 2.05. The fourth-order valence-electron chi connectivity index (χ4n) is 1.16. The molecule has 0 bridgehead atoms. The highest BCUT2D eigenvalue weighted by molar-refractivity contribution is 14.1. The molecule has 0 fully saturated rings. The van der Waals surface area contributed by atoms with Gasteiger partial charge in [-0.15, -0.1) is 0 Å². The van der Waals surface area contributed by atoms with Gasteiger partial charge in [0.05, 0.1) is 0 Å². The Bertz CT molecular complexity index is 76.7. The molecule has 0 spiro atoms. The van der Waals surface area contributed by atoms with E-state index in [9.17, 15) is 0 Å². The molecule has 0 aromatic rings. The smallest absolute Gasteiger partial charge is 0.0319 e. The lowest BCUT2D eigenvalue weighted by Crippen LogP contribution is -2.02. The maximum atomic E-state index is 7.00. The molecular weight excluding hydrogens is 287 g/mol. The van der Waals surface area contributed by atoms with Gasteiger partial charge in [-0.3, -0.25) is 0 Å². The monoisotopic (exact) mass is 316 g/mol. The van der Waals surface area contributed by atoms with Crippen molar-refractivity contribution in [2.24, 2.45) is 11.8 Å². The van der Waals surface area contributed by atoms with Crippen LogP contribution in [-0.4, -0.2) is 16.6 Å². The summed E-state index contributed by atoms with van der Waals surface area (Å²) < 4.78 is 1.31. The van der Waals surface area contributed by atoms with Gasteiger partial charge in [0, 0.05) is 7.11 Å². The van der Waals surface area contributed by atoms with Crippen LogP contribution in [0.5, 0.6) is 0 Å². The van der Waals surface area contributed by atoms with Gasteiger partial charge in [0.2, 0.25) is 0 Å². The third kappa shape index (κ3) is 18.5. The number of aliphatic hydroxyl groups excluding tert-OH is 1. The number of rotatable bonds is 5. The average Bonchev–Trinajstić information content (AvgIpc) is 2.24. The molecule has 90 valence electrons. The third-order valence-electron chi connectivity index (χ3n) is 2.10. The molecule has 1 nitrogen and oxygen atoms in total. The Labute approximate surface area is 105 Å². The van der Waals surface area contributed by atoms with Crippen LogP contribution < -0.4 is 0 Å². The molecule has 2 heteroatoms. The molecule has 1 N–H and O–H groups in total. The van der Waals surface area contributed by atoms with Crippen molar-refractivity contribution in [1.29, 1.82) is 0 Å². The zero-order chi connectivity index (χ0) is 12.0. The first kappa shape index (κ1) is 20.1. The van der Waals surface area contributed by atoms with Gasteiger partial charge in [0.1, 0.15) is 0 Å². The van der Waals surface area contributed by atoms with E-state index in [1.165, 1.54) is 23.7 Å². The summed E-state index contributed by atoms with van der Waals surface area (Å²) in [6, 6.07) is 0. The fraction of sp³-hybridized carbons (Fsp3) is 1.00. The lowest BCUT2D eigenvalue weighted by atomic mass is 9.94. The molecule has 0 amide bonds. The van der Waals surface area contributed by atoms with Crippen molar-refractivity contribution < 1.29 is 5.11 Å². The Hall–Kier alpha value is 0.690. The maximum absolute atomic E-state index is 7.00. The number of hydrogen-bond donors (Lipinski definition) is 1. The molecular formula is C12H29IO. The molecule has 0 aromatic carbocycles. The second kappa shape index (κ2) is 19.3.